The van der Waals surface area contributed by atoms with Crippen molar-refractivity contribution < 1.29 is 14.6 Å². The Bertz CT molecular complexity index is 1380. The molecule has 3 aromatic rings. The number of aliphatic carboxylic acids is 1. The van der Waals surface area contributed by atoms with Crippen molar-refractivity contribution in [3.05, 3.63) is 85.7 Å². The zero-order valence-electron chi connectivity index (χ0n) is 20.7. The quantitative estimate of drug-likeness (QED) is 0.488. The van der Waals surface area contributed by atoms with Gasteiger partial charge in [0.05, 0.1) is 24.3 Å². The molecule has 0 aliphatic rings. The van der Waals surface area contributed by atoms with E-state index < -0.39 is 23.3 Å². The fraction of sp³-hybridized carbons (Fsp3) is 0.385. The maximum absolute atomic E-state index is 13.4. The van der Waals surface area contributed by atoms with Crippen LogP contribution in [-0.4, -0.2) is 31.3 Å². The lowest BCUT2D eigenvalue weighted by molar-refractivity contribution is -0.141. The van der Waals surface area contributed by atoms with Gasteiger partial charge in [-0.25, -0.2) is 19.1 Å². The Kier molecular flexibility index (Phi) is 8.11. The summed E-state index contributed by atoms with van der Waals surface area (Å²) in [5, 5.41) is 9.27. The molecule has 9 heteroatoms. The normalized spacial score (nSPS) is 12.7. The Labute approximate surface area is 203 Å². The molecule has 1 atom stereocenters. The van der Waals surface area contributed by atoms with Gasteiger partial charge in [-0.05, 0) is 62.1 Å². The van der Waals surface area contributed by atoms with Crippen molar-refractivity contribution >= 4 is 11.7 Å². The first kappa shape index (κ1) is 25.7. The topological polar surface area (TPSA) is 119 Å². The molecule has 1 heterocycles. The number of hydrogen-bond acceptors (Lipinski definition) is 5. The molecule has 2 N–H and O–H groups in total. The highest BCUT2D eigenvalue weighted by molar-refractivity contribution is 5.69. The average molecular weight is 481 g/mol. The number of aryl methyl sites for hydroxylation is 2. The van der Waals surface area contributed by atoms with E-state index in [4.69, 9.17) is 4.74 Å². The van der Waals surface area contributed by atoms with Crippen molar-refractivity contribution in [2.45, 2.75) is 60.2 Å². The number of aromatic amines is 1. The molecule has 0 saturated carbocycles. The van der Waals surface area contributed by atoms with Crippen LogP contribution in [0, 0.1) is 12.8 Å². The van der Waals surface area contributed by atoms with Gasteiger partial charge in [0.15, 0.2) is 0 Å². The molecule has 0 bridgehead atoms. The van der Waals surface area contributed by atoms with Gasteiger partial charge in [0.2, 0.25) is 5.62 Å². The Morgan fingerprint density at radius 3 is 2.29 bits per heavy atom. The zero-order chi connectivity index (χ0) is 25.7. The molecule has 35 heavy (non-hydrogen) atoms. The third-order valence-electron chi connectivity index (χ3n) is 5.59. The Morgan fingerprint density at radius 1 is 1.06 bits per heavy atom. The first-order valence-corrected chi connectivity index (χ1v) is 11.7. The molecular formula is C26H32N4O5. The first-order chi connectivity index (χ1) is 16.6. The molecule has 9 nitrogen and oxygen atoms in total. The van der Waals surface area contributed by atoms with Gasteiger partial charge in [-0.1, -0.05) is 38.1 Å². The van der Waals surface area contributed by atoms with Crippen LogP contribution in [0.4, 0.5) is 5.69 Å². The van der Waals surface area contributed by atoms with Crippen molar-refractivity contribution in [1.29, 1.82) is 0 Å². The summed E-state index contributed by atoms with van der Waals surface area (Å²) in [5.41, 5.74) is 2.16. The van der Waals surface area contributed by atoms with Crippen LogP contribution < -0.4 is 21.7 Å². The molecular weight excluding hydrogens is 448 g/mol. The number of carboxylic acid groups (broad SMARTS) is 1. The Hall–Kier alpha value is -3.88. The Balaban J connectivity index is 2.15. The Morgan fingerprint density at radius 2 is 1.71 bits per heavy atom. The van der Waals surface area contributed by atoms with Crippen LogP contribution in [0.25, 0.3) is 0 Å². The van der Waals surface area contributed by atoms with Gasteiger partial charge in [-0.2, -0.15) is 0 Å². The third kappa shape index (κ3) is 6.38. The lowest BCUT2D eigenvalue weighted by Gasteiger charge is -2.14. The summed E-state index contributed by atoms with van der Waals surface area (Å²) in [7, 11) is 0. The highest BCUT2D eigenvalue weighted by atomic mass is 16.5. The number of carbonyl (C=O) groups is 1. The third-order valence-corrected chi connectivity index (χ3v) is 5.59. The van der Waals surface area contributed by atoms with Crippen LogP contribution in [0.3, 0.4) is 0 Å². The lowest BCUT2D eigenvalue weighted by atomic mass is 10.1. The predicted molar refractivity (Wildman–Crippen MR) is 133 cm³/mol. The van der Waals surface area contributed by atoms with E-state index in [9.17, 15) is 19.5 Å². The maximum atomic E-state index is 13.4. The predicted octanol–water partition coefficient (Wildman–Crippen LogP) is 3.00. The second-order valence-corrected chi connectivity index (χ2v) is 8.87. The van der Waals surface area contributed by atoms with Crippen LogP contribution in [0.2, 0.25) is 0 Å². The van der Waals surface area contributed by atoms with E-state index in [2.05, 4.69) is 16.9 Å². The van der Waals surface area contributed by atoms with Gasteiger partial charge in [0, 0.05) is 6.54 Å². The van der Waals surface area contributed by atoms with E-state index >= 15 is 0 Å². The molecule has 186 valence electrons. The highest BCUT2D eigenvalue weighted by Crippen LogP contribution is 2.24. The molecule has 1 unspecified atom stereocenters. The smallest absolute Gasteiger partial charge is 0.335 e. The van der Waals surface area contributed by atoms with Crippen molar-refractivity contribution in [1.82, 2.24) is 14.1 Å². The van der Waals surface area contributed by atoms with Crippen LogP contribution in [0.15, 0.2) is 57.0 Å². The molecule has 2 aromatic carbocycles. The van der Waals surface area contributed by atoms with Crippen molar-refractivity contribution in [3.8, 4) is 5.75 Å². The summed E-state index contributed by atoms with van der Waals surface area (Å²) in [6.45, 7) is 9.20. The first-order valence-electron chi connectivity index (χ1n) is 11.7. The van der Waals surface area contributed by atoms with Crippen LogP contribution in [-0.2, 0) is 24.3 Å². The fourth-order valence-corrected chi connectivity index (χ4v) is 3.57. The number of rotatable bonds is 9. The molecule has 0 amide bonds. The molecule has 0 fully saturated rings. The average Bonchev–Trinajstić information content (AvgIpc) is 2.81. The summed E-state index contributed by atoms with van der Waals surface area (Å²) < 4.78 is 8.03. The summed E-state index contributed by atoms with van der Waals surface area (Å²) in [5.74, 6) is -1.27. The molecule has 0 spiro atoms. The highest BCUT2D eigenvalue weighted by Gasteiger charge is 2.17. The largest absolute Gasteiger partial charge is 0.491 e. The monoisotopic (exact) mass is 480 g/mol. The van der Waals surface area contributed by atoms with Crippen molar-refractivity contribution in [2.75, 3.05) is 0 Å². The van der Waals surface area contributed by atoms with Crippen LogP contribution in [0.5, 0.6) is 5.75 Å². The lowest BCUT2D eigenvalue weighted by Crippen LogP contribution is -2.51. The molecule has 3 rings (SSSR count). The van der Waals surface area contributed by atoms with Gasteiger partial charge in [0.25, 0.3) is 0 Å². The second-order valence-electron chi connectivity index (χ2n) is 8.87. The van der Waals surface area contributed by atoms with E-state index in [1.807, 2.05) is 51.1 Å². The standard InChI is InChI=1S/C26H32N4O5/c1-6-19-7-9-20(10-8-19)15-29-24(27-21-11-12-22(17(4)13-21)35-16(2)3)28-25(33)30(26(29)34)14-18(5)23(31)32/h7-13,16,18H,6,14-15H2,1-5H3,(H,31,32)(H,27,28,33). The molecule has 0 radical (unpaired) electrons. The molecule has 0 aliphatic heterocycles. The van der Waals surface area contributed by atoms with E-state index in [-0.39, 0.29) is 24.8 Å². The zero-order valence-corrected chi connectivity index (χ0v) is 20.7. The van der Waals surface area contributed by atoms with Gasteiger partial charge < -0.3 is 9.84 Å². The van der Waals surface area contributed by atoms with E-state index in [1.165, 1.54) is 11.5 Å². The van der Waals surface area contributed by atoms with Gasteiger partial charge in [-0.15, -0.1) is 0 Å². The minimum Gasteiger partial charge on any atom is -0.491 e. The van der Waals surface area contributed by atoms with Gasteiger partial charge in [0.1, 0.15) is 5.75 Å². The van der Waals surface area contributed by atoms with Crippen LogP contribution >= 0.6 is 0 Å². The number of nitrogens with zero attached hydrogens (tertiary/aromatic N) is 3. The number of hydrogen-bond donors (Lipinski definition) is 2. The number of benzene rings is 2. The van der Waals surface area contributed by atoms with Crippen LogP contribution in [0.1, 0.15) is 44.4 Å². The second kappa shape index (κ2) is 11.0. The fourth-order valence-electron chi connectivity index (χ4n) is 3.57. The summed E-state index contributed by atoms with van der Waals surface area (Å²) >= 11 is 0. The number of H-pyrrole nitrogens is 1. The summed E-state index contributed by atoms with van der Waals surface area (Å²) in [6.07, 6.45) is 0.914. The van der Waals surface area contributed by atoms with E-state index in [0.29, 0.717) is 5.69 Å². The number of nitrogens with one attached hydrogen (secondary N) is 1. The summed E-state index contributed by atoms with van der Waals surface area (Å²) in [4.78, 5) is 44.7. The van der Waals surface area contributed by atoms with Crippen molar-refractivity contribution in [3.63, 3.8) is 0 Å². The maximum Gasteiger partial charge on any atom is 0.335 e. The molecule has 1 aromatic heterocycles. The number of aromatic nitrogens is 3. The number of ether oxygens (including phenoxy) is 1. The molecule has 0 aliphatic carbocycles. The van der Waals surface area contributed by atoms with Gasteiger partial charge >= 0.3 is 17.3 Å². The minimum absolute atomic E-state index is 0.0230. The van der Waals surface area contributed by atoms with Crippen molar-refractivity contribution in [2.24, 2.45) is 10.9 Å². The SMILES string of the molecule is CCc1ccc(Cn2c(=Nc3ccc(OC(C)C)c(C)c3)[nH]c(=O)n(CC(C)C(=O)O)c2=O)cc1. The number of carboxylic acids is 1. The van der Waals surface area contributed by atoms with E-state index in [1.54, 1.807) is 12.1 Å². The molecule has 0 saturated heterocycles. The van der Waals surface area contributed by atoms with Gasteiger partial charge in [-0.3, -0.25) is 14.3 Å². The minimum atomic E-state index is -1.09. The van der Waals surface area contributed by atoms with E-state index in [0.717, 1.165) is 33.4 Å². The summed E-state index contributed by atoms with van der Waals surface area (Å²) in [6, 6.07) is 13.2.